The number of alkyl halides is 3. The number of benzene rings is 3. The highest BCUT2D eigenvalue weighted by atomic mass is 32.2. The van der Waals surface area contributed by atoms with Crippen LogP contribution in [0, 0.1) is 0 Å². The fourth-order valence-corrected chi connectivity index (χ4v) is 6.52. The minimum atomic E-state index is -4.86. The molecule has 0 aliphatic carbocycles. The van der Waals surface area contributed by atoms with E-state index in [0.29, 0.717) is 36.4 Å². The molecule has 14 heteroatoms. The van der Waals surface area contributed by atoms with E-state index in [4.69, 9.17) is 9.15 Å². The smallest absolute Gasteiger partial charge is 0.467 e. The van der Waals surface area contributed by atoms with Crippen LogP contribution in [0.5, 0.6) is 5.75 Å². The average Bonchev–Trinajstić information content (AvgIpc) is 3.83. The zero-order valence-electron chi connectivity index (χ0n) is 25.3. The van der Waals surface area contributed by atoms with Gasteiger partial charge in [-0.3, -0.25) is 19.4 Å². The van der Waals surface area contributed by atoms with Gasteiger partial charge in [-0.2, -0.15) is 0 Å². The molecule has 0 spiro atoms. The van der Waals surface area contributed by atoms with Gasteiger partial charge in [0.15, 0.2) is 5.17 Å². The number of rotatable bonds is 9. The Kier molecular flexibility index (Phi) is 9.71. The number of hydrogen-bond acceptors (Lipinski definition) is 8. The first-order chi connectivity index (χ1) is 23.1. The van der Waals surface area contributed by atoms with E-state index in [1.165, 1.54) is 28.2 Å². The fourth-order valence-electron chi connectivity index (χ4n) is 5.34. The number of aliphatic imine (C=N–C) groups is 1. The van der Waals surface area contributed by atoms with Crippen molar-refractivity contribution in [3.05, 3.63) is 114 Å². The van der Waals surface area contributed by atoms with Crippen molar-refractivity contribution >= 4 is 46.2 Å². The van der Waals surface area contributed by atoms with E-state index in [-0.39, 0.29) is 35.8 Å². The first-order valence-corrected chi connectivity index (χ1v) is 15.8. The zero-order chi connectivity index (χ0) is 33.7. The predicted octanol–water partition coefficient (Wildman–Crippen LogP) is 7.42. The van der Waals surface area contributed by atoms with Crippen molar-refractivity contribution in [3.8, 4) is 5.75 Å². The van der Waals surface area contributed by atoms with E-state index in [1.54, 1.807) is 36.4 Å². The van der Waals surface area contributed by atoms with E-state index in [2.05, 4.69) is 15.0 Å². The van der Waals surface area contributed by atoms with Crippen LogP contribution in [0.25, 0.3) is 0 Å². The molecule has 48 heavy (non-hydrogen) atoms. The van der Waals surface area contributed by atoms with E-state index in [0.717, 1.165) is 29.5 Å². The summed E-state index contributed by atoms with van der Waals surface area (Å²) in [5.74, 6) is -0.589. The Morgan fingerprint density at radius 3 is 2.52 bits per heavy atom. The third kappa shape index (κ3) is 8.00. The summed E-state index contributed by atoms with van der Waals surface area (Å²) in [5, 5.41) is 2.40. The Balaban J connectivity index is 1.14. The largest absolute Gasteiger partial charge is 0.573 e. The van der Waals surface area contributed by atoms with Crippen LogP contribution in [0.3, 0.4) is 0 Å². The van der Waals surface area contributed by atoms with Crippen LogP contribution in [-0.4, -0.2) is 51.8 Å². The molecule has 1 unspecified atom stereocenters. The number of carbonyl (C=O) groups excluding carboxylic acids is 3. The first-order valence-electron chi connectivity index (χ1n) is 15.0. The normalized spacial score (nSPS) is 18.7. The lowest BCUT2D eigenvalue weighted by Gasteiger charge is -2.23. The van der Waals surface area contributed by atoms with Gasteiger partial charge in [-0.05, 0) is 60.4 Å². The molecule has 2 aliphatic heterocycles. The van der Waals surface area contributed by atoms with Crippen LogP contribution >= 0.6 is 11.8 Å². The summed E-state index contributed by atoms with van der Waals surface area (Å²) < 4.78 is 53.2. The van der Waals surface area contributed by atoms with E-state index in [9.17, 15) is 27.6 Å². The Bertz CT molecular complexity index is 1780. The summed E-state index contributed by atoms with van der Waals surface area (Å²) >= 11 is 1.14. The van der Waals surface area contributed by atoms with Crippen molar-refractivity contribution in [1.29, 1.82) is 0 Å². The van der Waals surface area contributed by atoms with E-state index >= 15 is 0 Å². The highest BCUT2D eigenvalue weighted by Gasteiger charge is 2.40. The fraction of sp³-hybridized carbons (Fsp3) is 0.235. The molecule has 0 radical (unpaired) electrons. The summed E-state index contributed by atoms with van der Waals surface area (Å²) in [6, 6.07) is 23.9. The van der Waals surface area contributed by atoms with Crippen molar-refractivity contribution in [2.75, 3.05) is 11.9 Å². The van der Waals surface area contributed by atoms with Gasteiger partial charge in [0.05, 0.1) is 18.5 Å². The molecule has 2 saturated heterocycles. The van der Waals surface area contributed by atoms with Gasteiger partial charge in [0.25, 0.3) is 0 Å². The van der Waals surface area contributed by atoms with Gasteiger partial charge in [0, 0.05) is 18.3 Å². The molecule has 0 bridgehead atoms. The first kappa shape index (κ1) is 32.7. The number of carbonyl (C=O) groups is 3. The second kappa shape index (κ2) is 14.3. The standard InChI is InChI=1S/C34H29F3N4O6S/c35-34(36,37)47-26-10-4-9-25(19-26)39-32-41(20-27-11-6-18-45-27)31(43)29(48-32)23-13-15-24(16-14-23)38-30(42)28-12-5-17-40(28)33(44)46-21-22-7-2-1-3-8-22/h1-4,6-11,13-16,18-19,28-29H,5,12,17,20-21H2,(H,38,42)/t28-,29?/m1/s1. The lowest BCUT2D eigenvalue weighted by molar-refractivity contribution is -0.274. The van der Waals surface area contributed by atoms with Gasteiger partial charge in [-0.15, -0.1) is 13.2 Å². The molecular formula is C34H29F3N4O6S. The number of likely N-dealkylation sites (tertiary alicyclic amines) is 1. The molecule has 3 amide bonds. The third-order valence-corrected chi connectivity index (χ3v) is 8.82. The van der Waals surface area contributed by atoms with Crippen molar-refractivity contribution < 1.29 is 41.4 Å². The maximum atomic E-state index is 13.7. The highest BCUT2D eigenvalue weighted by molar-refractivity contribution is 8.15. The summed E-state index contributed by atoms with van der Waals surface area (Å²) in [6.07, 6.45) is -2.79. The minimum absolute atomic E-state index is 0.0622. The van der Waals surface area contributed by atoms with Crippen molar-refractivity contribution in [1.82, 2.24) is 9.80 Å². The van der Waals surface area contributed by atoms with Crippen molar-refractivity contribution in [3.63, 3.8) is 0 Å². The Morgan fingerprint density at radius 2 is 1.79 bits per heavy atom. The molecule has 3 aromatic carbocycles. The van der Waals surface area contributed by atoms with Crippen LogP contribution in [-0.2, 0) is 27.5 Å². The van der Waals surface area contributed by atoms with Gasteiger partial charge >= 0.3 is 12.5 Å². The van der Waals surface area contributed by atoms with Crippen LogP contribution in [0.15, 0.2) is 107 Å². The zero-order valence-corrected chi connectivity index (χ0v) is 26.1. The number of furan rings is 1. The number of thioether (sulfide) groups is 1. The summed E-state index contributed by atoms with van der Waals surface area (Å²) in [6.45, 7) is 0.574. The maximum Gasteiger partial charge on any atom is 0.573 e. The molecule has 1 aromatic heterocycles. The molecule has 2 atom stereocenters. The quantitative estimate of drug-likeness (QED) is 0.196. The second-order valence-corrected chi connectivity index (χ2v) is 12.0. The average molecular weight is 679 g/mol. The number of amidine groups is 1. The monoisotopic (exact) mass is 678 g/mol. The highest BCUT2D eigenvalue weighted by Crippen LogP contribution is 2.42. The van der Waals surface area contributed by atoms with E-state index < -0.39 is 29.5 Å². The Hall–Kier alpha value is -5.24. The van der Waals surface area contributed by atoms with Crippen molar-refractivity contribution in [2.45, 2.75) is 43.6 Å². The SMILES string of the molecule is O=C(Nc1ccc(C2SC(=Nc3cccc(OC(F)(F)F)c3)N(Cc3ccco3)C2=O)cc1)[C@H]1CCCN1C(=O)OCc1ccccc1. The molecule has 1 N–H and O–H groups in total. The molecule has 4 aromatic rings. The number of amides is 3. The summed E-state index contributed by atoms with van der Waals surface area (Å²) in [7, 11) is 0. The van der Waals surface area contributed by atoms with Crippen LogP contribution in [0.1, 0.15) is 35.0 Å². The Labute approximate surface area is 277 Å². The van der Waals surface area contributed by atoms with Crippen LogP contribution in [0.2, 0.25) is 0 Å². The molecule has 6 rings (SSSR count). The molecule has 10 nitrogen and oxygen atoms in total. The molecule has 2 fully saturated rings. The second-order valence-electron chi connectivity index (χ2n) is 10.9. The number of nitrogens with zero attached hydrogens (tertiary/aromatic N) is 3. The van der Waals surface area contributed by atoms with Gasteiger partial charge in [-0.1, -0.05) is 60.3 Å². The van der Waals surface area contributed by atoms with Gasteiger partial charge in [0.2, 0.25) is 11.8 Å². The minimum Gasteiger partial charge on any atom is -0.467 e. The van der Waals surface area contributed by atoms with Gasteiger partial charge in [0.1, 0.15) is 29.4 Å². The lowest BCUT2D eigenvalue weighted by Crippen LogP contribution is -2.43. The number of hydrogen-bond donors (Lipinski definition) is 1. The van der Waals surface area contributed by atoms with Crippen LogP contribution < -0.4 is 10.1 Å². The Morgan fingerprint density at radius 1 is 1.00 bits per heavy atom. The summed E-state index contributed by atoms with van der Waals surface area (Å²) in [5.41, 5.74) is 2.11. The van der Waals surface area contributed by atoms with Gasteiger partial charge < -0.3 is 19.2 Å². The number of halogens is 3. The maximum absolute atomic E-state index is 13.7. The number of nitrogens with one attached hydrogen (secondary N) is 1. The van der Waals surface area contributed by atoms with Crippen LogP contribution in [0.4, 0.5) is 29.3 Å². The van der Waals surface area contributed by atoms with Crippen molar-refractivity contribution in [2.24, 2.45) is 4.99 Å². The van der Waals surface area contributed by atoms with Gasteiger partial charge in [-0.25, -0.2) is 9.79 Å². The molecule has 3 heterocycles. The molecule has 2 aliphatic rings. The number of anilines is 1. The lowest BCUT2D eigenvalue weighted by atomic mass is 10.1. The number of ether oxygens (including phenoxy) is 2. The molecule has 0 saturated carbocycles. The summed E-state index contributed by atoms with van der Waals surface area (Å²) in [4.78, 5) is 46.9. The predicted molar refractivity (Wildman–Crippen MR) is 171 cm³/mol. The molecular weight excluding hydrogens is 649 g/mol. The molecule has 248 valence electrons. The van der Waals surface area contributed by atoms with E-state index in [1.807, 2.05) is 30.3 Å². The topological polar surface area (TPSA) is 114 Å². The third-order valence-electron chi connectivity index (χ3n) is 7.59.